The molecule has 0 aliphatic heterocycles. The Labute approximate surface area is 116 Å². The predicted molar refractivity (Wildman–Crippen MR) is 75.3 cm³/mol. The first-order valence-electron chi connectivity index (χ1n) is 5.83. The van der Waals surface area contributed by atoms with Crippen LogP contribution in [0.25, 0.3) is 0 Å². The minimum Gasteiger partial charge on any atom is -0.349 e. The zero-order chi connectivity index (χ0) is 13.8. The molecule has 0 saturated heterocycles. The van der Waals surface area contributed by atoms with Crippen molar-refractivity contribution in [1.82, 2.24) is 5.32 Å². The topological polar surface area (TPSA) is 46.2 Å². The summed E-state index contributed by atoms with van der Waals surface area (Å²) in [5.41, 5.74) is 0.518. The third-order valence-corrected chi connectivity index (χ3v) is 3.09. The fourth-order valence-electron chi connectivity index (χ4n) is 1.29. The standard InChI is InChI=1S/C14H18BrNO2/c1-14(2,3)12(17)9-16-13(18)8-10-4-6-11(15)7-5-10/h4-7H,8-9H2,1-3H3,(H,16,18). The molecule has 0 radical (unpaired) electrons. The zero-order valence-corrected chi connectivity index (χ0v) is 12.5. The van der Waals surface area contributed by atoms with Gasteiger partial charge in [0.1, 0.15) is 0 Å². The monoisotopic (exact) mass is 311 g/mol. The summed E-state index contributed by atoms with van der Waals surface area (Å²) < 4.78 is 0.981. The number of amides is 1. The molecule has 1 aromatic carbocycles. The van der Waals surface area contributed by atoms with Gasteiger partial charge in [-0.3, -0.25) is 9.59 Å². The minimum atomic E-state index is -0.412. The Bertz CT molecular complexity index is 432. The van der Waals surface area contributed by atoms with Crippen LogP contribution in [0.4, 0.5) is 0 Å². The molecule has 0 spiro atoms. The lowest BCUT2D eigenvalue weighted by Crippen LogP contribution is -2.36. The van der Waals surface area contributed by atoms with Gasteiger partial charge >= 0.3 is 0 Å². The molecule has 1 N–H and O–H groups in total. The van der Waals surface area contributed by atoms with Crippen LogP contribution >= 0.6 is 15.9 Å². The van der Waals surface area contributed by atoms with Crippen molar-refractivity contribution in [3.63, 3.8) is 0 Å². The van der Waals surface area contributed by atoms with Crippen LogP contribution < -0.4 is 5.32 Å². The number of ketones is 1. The fraction of sp³-hybridized carbons (Fsp3) is 0.429. The minimum absolute atomic E-state index is 0.0339. The Morgan fingerprint density at radius 2 is 1.72 bits per heavy atom. The van der Waals surface area contributed by atoms with E-state index in [1.165, 1.54) is 0 Å². The molecule has 0 bridgehead atoms. The third-order valence-electron chi connectivity index (χ3n) is 2.56. The quantitative estimate of drug-likeness (QED) is 0.929. The van der Waals surface area contributed by atoms with Gasteiger partial charge in [0.15, 0.2) is 5.78 Å². The van der Waals surface area contributed by atoms with Crippen molar-refractivity contribution in [1.29, 1.82) is 0 Å². The van der Waals surface area contributed by atoms with E-state index in [0.29, 0.717) is 6.42 Å². The Morgan fingerprint density at radius 3 is 2.22 bits per heavy atom. The molecule has 0 atom stereocenters. The number of rotatable bonds is 4. The molecule has 0 fully saturated rings. The van der Waals surface area contributed by atoms with Crippen molar-refractivity contribution in [3.05, 3.63) is 34.3 Å². The molecule has 0 unspecified atom stereocenters. The maximum absolute atomic E-state index is 11.7. The third kappa shape index (κ3) is 5.00. The summed E-state index contributed by atoms with van der Waals surface area (Å²) in [6, 6.07) is 7.55. The van der Waals surface area contributed by atoms with Crippen molar-refractivity contribution in [2.24, 2.45) is 5.41 Å². The van der Waals surface area contributed by atoms with E-state index in [9.17, 15) is 9.59 Å². The summed E-state index contributed by atoms with van der Waals surface area (Å²) in [4.78, 5) is 23.3. The van der Waals surface area contributed by atoms with E-state index in [1.54, 1.807) is 0 Å². The number of Topliss-reactive ketones (excluding diaryl/α,β-unsaturated/α-hetero) is 1. The Kier molecular flexibility index (Phi) is 5.08. The summed E-state index contributed by atoms with van der Waals surface area (Å²) in [7, 11) is 0. The molecule has 1 aromatic rings. The van der Waals surface area contributed by atoms with Crippen LogP contribution in [0.5, 0.6) is 0 Å². The smallest absolute Gasteiger partial charge is 0.224 e. The second-order valence-electron chi connectivity index (χ2n) is 5.25. The lowest BCUT2D eigenvalue weighted by Gasteiger charge is -2.16. The molecule has 3 nitrogen and oxygen atoms in total. The van der Waals surface area contributed by atoms with Crippen LogP contribution in [-0.4, -0.2) is 18.2 Å². The molecular formula is C14H18BrNO2. The van der Waals surface area contributed by atoms with E-state index in [2.05, 4.69) is 21.2 Å². The number of halogens is 1. The number of benzene rings is 1. The van der Waals surface area contributed by atoms with E-state index in [4.69, 9.17) is 0 Å². The first-order chi connectivity index (χ1) is 8.29. The highest BCUT2D eigenvalue weighted by atomic mass is 79.9. The van der Waals surface area contributed by atoms with Gasteiger partial charge < -0.3 is 5.32 Å². The first kappa shape index (κ1) is 14.9. The molecule has 1 amide bonds. The van der Waals surface area contributed by atoms with Gasteiger partial charge in [-0.2, -0.15) is 0 Å². The highest BCUT2D eigenvalue weighted by Gasteiger charge is 2.21. The van der Waals surface area contributed by atoms with E-state index in [0.717, 1.165) is 10.0 Å². The van der Waals surface area contributed by atoms with Crippen LogP contribution in [0.15, 0.2) is 28.7 Å². The largest absolute Gasteiger partial charge is 0.349 e. The van der Waals surface area contributed by atoms with Crippen molar-refractivity contribution >= 4 is 27.6 Å². The molecule has 0 saturated carbocycles. The van der Waals surface area contributed by atoms with Gasteiger partial charge in [-0.05, 0) is 17.7 Å². The van der Waals surface area contributed by atoms with Crippen LogP contribution in [0.1, 0.15) is 26.3 Å². The molecule has 0 heterocycles. The second kappa shape index (κ2) is 6.14. The van der Waals surface area contributed by atoms with Gasteiger partial charge in [-0.25, -0.2) is 0 Å². The van der Waals surface area contributed by atoms with Crippen molar-refractivity contribution < 1.29 is 9.59 Å². The van der Waals surface area contributed by atoms with Crippen LogP contribution in [-0.2, 0) is 16.0 Å². The normalized spacial score (nSPS) is 11.1. The second-order valence-corrected chi connectivity index (χ2v) is 6.17. The number of carbonyl (C=O) groups is 2. The summed E-state index contributed by atoms with van der Waals surface area (Å²) in [6.45, 7) is 5.63. The van der Waals surface area contributed by atoms with Gasteiger partial charge in [0.2, 0.25) is 5.91 Å². The molecule has 98 valence electrons. The van der Waals surface area contributed by atoms with E-state index < -0.39 is 5.41 Å². The maximum Gasteiger partial charge on any atom is 0.224 e. The highest BCUT2D eigenvalue weighted by Crippen LogP contribution is 2.13. The number of hydrogen-bond donors (Lipinski definition) is 1. The predicted octanol–water partition coefficient (Wildman–Crippen LogP) is 2.72. The average Bonchev–Trinajstić information content (AvgIpc) is 2.28. The number of carbonyl (C=O) groups excluding carboxylic acids is 2. The van der Waals surface area contributed by atoms with Crippen molar-refractivity contribution in [3.8, 4) is 0 Å². The molecular weight excluding hydrogens is 294 g/mol. The lowest BCUT2D eigenvalue weighted by molar-refractivity contribution is -0.128. The Hall–Kier alpha value is -1.16. The lowest BCUT2D eigenvalue weighted by atomic mass is 9.91. The Balaban J connectivity index is 2.43. The summed E-state index contributed by atoms with van der Waals surface area (Å²) in [5.74, 6) is -0.0958. The zero-order valence-electron chi connectivity index (χ0n) is 10.9. The van der Waals surface area contributed by atoms with Gasteiger partial charge in [0.25, 0.3) is 0 Å². The van der Waals surface area contributed by atoms with E-state index in [1.807, 2.05) is 45.0 Å². The van der Waals surface area contributed by atoms with Gasteiger partial charge in [-0.15, -0.1) is 0 Å². The van der Waals surface area contributed by atoms with E-state index in [-0.39, 0.29) is 18.2 Å². The fourth-order valence-corrected chi connectivity index (χ4v) is 1.56. The molecule has 1 rings (SSSR count). The van der Waals surface area contributed by atoms with Gasteiger partial charge in [0, 0.05) is 9.89 Å². The summed E-state index contributed by atoms with van der Waals surface area (Å²) in [6.07, 6.45) is 0.296. The SMILES string of the molecule is CC(C)(C)C(=O)CNC(=O)Cc1ccc(Br)cc1. The molecule has 0 aliphatic rings. The van der Waals surface area contributed by atoms with Gasteiger partial charge in [-0.1, -0.05) is 48.8 Å². The average molecular weight is 312 g/mol. The van der Waals surface area contributed by atoms with Crippen molar-refractivity contribution in [2.75, 3.05) is 6.54 Å². The molecule has 4 heteroatoms. The highest BCUT2D eigenvalue weighted by molar-refractivity contribution is 9.10. The van der Waals surface area contributed by atoms with Crippen LogP contribution in [0, 0.1) is 5.41 Å². The van der Waals surface area contributed by atoms with E-state index >= 15 is 0 Å². The summed E-state index contributed by atoms with van der Waals surface area (Å²) in [5, 5.41) is 2.65. The van der Waals surface area contributed by atoms with Crippen LogP contribution in [0.3, 0.4) is 0 Å². The Morgan fingerprint density at radius 1 is 1.17 bits per heavy atom. The first-order valence-corrected chi connectivity index (χ1v) is 6.63. The number of nitrogens with one attached hydrogen (secondary N) is 1. The van der Waals surface area contributed by atoms with Crippen molar-refractivity contribution in [2.45, 2.75) is 27.2 Å². The summed E-state index contributed by atoms with van der Waals surface area (Å²) >= 11 is 3.34. The number of hydrogen-bond acceptors (Lipinski definition) is 2. The molecule has 18 heavy (non-hydrogen) atoms. The molecule has 0 aromatic heterocycles. The molecule has 0 aliphatic carbocycles. The van der Waals surface area contributed by atoms with Gasteiger partial charge in [0.05, 0.1) is 13.0 Å². The van der Waals surface area contributed by atoms with Crippen LogP contribution in [0.2, 0.25) is 0 Å². The maximum atomic E-state index is 11.7.